The summed E-state index contributed by atoms with van der Waals surface area (Å²) < 4.78 is 3.70. The van der Waals surface area contributed by atoms with Gasteiger partial charge in [0.1, 0.15) is 0 Å². The van der Waals surface area contributed by atoms with Gasteiger partial charge < -0.3 is 24.8 Å². The molecule has 0 N–H and O–H groups in total. The Hall–Kier alpha value is 0.423. The maximum Gasteiger partial charge on any atom is -1.00 e. The van der Waals surface area contributed by atoms with Crippen LogP contribution in [0.4, 0.5) is 0 Å². The number of allylic oxidation sites excluding steroid dienone is 8. The van der Waals surface area contributed by atoms with Gasteiger partial charge in [-0.25, -0.2) is 0 Å². The molecule has 0 fully saturated rings. The minimum absolute atomic E-state index is 0. The van der Waals surface area contributed by atoms with Crippen molar-refractivity contribution in [2.24, 2.45) is 0 Å². The van der Waals surface area contributed by atoms with Crippen molar-refractivity contribution in [3.63, 3.8) is 0 Å². The zero-order valence-electron chi connectivity index (χ0n) is 7.69. The zero-order valence-corrected chi connectivity index (χ0v) is 11.7. The predicted octanol–water partition coefficient (Wildman–Crippen LogP) is -3.09. The fraction of sp³-hybridized carbons (Fsp3) is 0.273. The third-order valence-electron chi connectivity index (χ3n) is 2.74. The molecule has 1 aliphatic heterocycles. The molecule has 3 heteroatoms. The average molecular weight is 304 g/mol. The third kappa shape index (κ3) is 2.01. The summed E-state index contributed by atoms with van der Waals surface area (Å²) in [7, 11) is 0. The van der Waals surface area contributed by atoms with Gasteiger partial charge in [-0.05, 0) is 0 Å². The van der Waals surface area contributed by atoms with Gasteiger partial charge in [0.05, 0.1) is 0 Å². The largest absolute Gasteiger partial charge is 1.00 e. The molecule has 0 aromatic heterocycles. The molecule has 0 amide bonds. The zero-order chi connectivity index (χ0) is 7.97. The molecule has 0 spiro atoms. The van der Waals surface area contributed by atoms with E-state index in [1.54, 1.807) is 11.1 Å². The minimum Gasteiger partial charge on any atom is -1.00 e. The molecular weight excluding hydrogens is 294 g/mol. The van der Waals surface area contributed by atoms with E-state index in [1.165, 1.54) is 19.3 Å². The Kier molecular flexibility index (Phi) is 4.43. The van der Waals surface area contributed by atoms with Crippen molar-refractivity contribution in [1.29, 1.82) is 0 Å². The summed E-state index contributed by atoms with van der Waals surface area (Å²) in [4.78, 5) is 0. The molecule has 3 rings (SSSR count). The van der Waals surface area contributed by atoms with E-state index in [4.69, 9.17) is 0 Å². The number of hydrogen-bond donors (Lipinski definition) is 0. The van der Waals surface area contributed by atoms with E-state index in [9.17, 15) is 0 Å². The van der Waals surface area contributed by atoms with Crippen molar-refractivity contribution in [2.45, 2.75) is 19.3 Å². The first-order valence-electron chi connectivity index (χ1n) is 4.47. The molecule has 0 unspecified atom stereocenters. The second kappa shape index (κ2) is 4.97. The van der Waals surface area contributed by atoms with Crippen molar-refractivity contribution in [3.05, 3.63) is 42.0 Å². The maximum absolute atomic E-state index is 2.35. The first-order chi connectivity index (χ1) is 5.93. The van der Waals surface area contributed by atoms with Gasteiger partial charge in [0.15, 0.2) is 0 Å². The molecule has 0 saturated heterocycles. The topological polar surface area (TPSA) is 0 Å². The van der Waals surface area contributed by atoms with Crippen LogP contribution in [0.5, 0.6) is 0 Å². The summed E-state index contributed by atoms with van der Waals surface area (Å²) in [6, 6.07) is 0. The van der Waals surface area contributed by atoms with Crippen LogP contribution in [0.2, 0.25) is 0 Å². The molecule has 1 heterocycles. The van der Waals surface area contributed by atoms with Gasteiger partial charge in [-0.15, -0.1) is 0 Å². The standard InChI is InChI=1S/C11H10.2ClH.Zr/c1-2-6-10(5-1)9-11-7-3-4-8-11;;;/h1,3,5,7H,2,4,9H2;2*1H;/q;;;+2/p-2. The Morgan fingerprint density at radius 1 is 0.857 bits per heavy atom. The normalized spacial score (nSPS) is 20.6. The van der Waals surface area contributed by atoms with Crippen molar-refractivity contribution < 1.29 is 48.0 Å². The number of hydrogen-bond acceptors (Lipinski definition) is 0. The Morgan fingerprint density at radius 3 is 1.86 bits per heavy atom. The number of rotatable bonds is 0. The second-order valence-corrected chi connectivity index (χ2v) is 7.10. The van der Waals surface area contributed by atoms with Crippen LogP contribution < -0.4 is 24.8 Å². The summed E-state index contributed by atoms with van der Waals surface area (Å²) >= 11 is -0.280. The quantitative estimate of drug-likeness (QED) is 0.445. The summed E-state index contributed by atoms with van der Waals surface area (Å²) in [6.07, 6.45) is 13.2. The van der Waals surface area contributed by atoms with Gasteiger partial charge in [-0.1, -0.05) is 0 Å². The first kappa shape index (κ1) is 12.5. The molecule has 0 aromatic rings. The Labute approximate surface area is 109 Å². The SMILES string of the molecule is C1=CC2=[C](C1)[Zr+2][C]1=C(C=CC1)C2.[Cl-].[Cl-]. The summed E-state index contributed by atoms with van der Waals surface area (Å²) in [5.41, 5.74) is 3.35. The molecule has 0 radical (unpaired) electrons. The molecular formula is C11H10Cl2Zr. The van der Waals surface area contributed by atoms with Gasteiger partial charge >= 0.3 is 84.5 Å². The minimum atomic E-state index is -0.280. The molecule has 2 aliphatic carbocycles. The average Bonchev–Trinajstić information content (AvgIpc) is 2.64. The molecule has 3 aliphatic rings. The van der Waals surface area contributed by atoms with Gasteiger partial charge in [0.2, 0.25) is 0 Å². The fourth-order valence-corrected chi connectivity index (χ4v) is 5.69. The smallest absolute Gasteiger partial charge is 1.00 e. The van der Waals surface area contributed by atoms with E-state index in [1.807, 2.05) is 6.56 Å². The first-order valence-corrected chi connectivity index (χ1v) is 6.93. The van der Waals surface area contributed by atoms with Crippen LogP contribution in [0.1, 0.15) is 19.3 Å². The molecule has 0 nitrogen and oxygen atoms in total. The van der Waals surface area contributed by atoms with E-state index in [0.717, 1.165) is 0 Å². The summed E-state index contributed by atoms with van der Waals surface area (Å²) in [6.45, 7) is 0. The van der Waals surface area contributed by atoms with E-state index in [2.05, 4.69) is 24.3 Å². The van der Waals surface area contributed by atoms with Crippen LogP contribution in [-0.4, -0.2) is 0 Å². The predicted molar refractivity (Wildman–Crippen MR) is 46.2 cm³/mol. The van der Waals surface area contributed by atoms with Crippen LogP contribution in [0.25, 0.3) is 0 Å². The summed E-state index contributed by atoms with van der Waals surface area (Å²) in [5.74, 6) is 0. The van der Waals surface area contributed by atoms with Crippen molar-refractivity contribution in [3.8, 4) is 0 Å². The van der Waals surface area contributed by atoms with Crippen molar-refractivity contribution >= 4 is 0 Å². The molecule has 0 saturated carbocycles. The second-order valence-electron chi connectivity index (χ2n) is 3.52. The molecule has 0 atom stereocenters. The van der Waals surface area contributed by atoms with Crippen LogP contribution in [0, 0.1) is 0 Å². The maximum atomic E-state index is 2.35. The molecule has 72 valence electrons. The van der Waals surface area contributed by atoms with Gasteiger partial charge in [-0.2, -0.15) is 0 Å². The fourth-order valence-electron chi connectivity index (χ4n) is 2.08. The molecule has 0 bridgehead atoms. The van der Waals surface area contributed by atoms with Crippen LogP contribution in [0.3, 0.4) is 0 Å². The third-order valence-corrected chi connectivity index (χ3v) is 6.81. The van der Waals surface area contributed by atoms with E-state index in [0.29, 0.717) is 0 Å². The van der Waals surface area contributed by atoms with E-state index < -0.39 is 0 Å². The monoisotopic (exact) mass is 302 g/mol. The van der Waals surface area contributed by atoms with Crippen molar-refractivity contribution in [2.75, 3.05) is 0 Å². The van der Waals surface area contributed by atoms with Crippen LogP contribution in [-0.2, 0) is 23.2 Å². The van der Waals surface area contributed by atoms with E-state index in [-0.39, 0.29) is 48.0 Å². The van der Waals surface area contributed by atoms with Crippen molar-refractivity contribution in [1.82, 2.24) is 0 Å². The van der Waals surface area contributed by atoms with Gasteiger partial charge in [-0.3, -0.25) is 0 Å². The Morgan fingerprint density at radius 2 is 1.36 bits per heavy atom. The summed E-state index contributed by atoms with van der Waals surface area (Å²) in [5, 5.41) is 0. The van der Waals surface area contributed by atoms with E-state index >= 15 is 0 Å². The van der Waals surface area contributed by atoms with Crippen LogP contribution >= 0.6 is 0 Å². The number of halogens is 2. The Balaban J connectivity index is 0.000000490. The van der Waals surface area contributed by atoms with Crippen LogP contribution in [0.15, 0.2) is 42.0 Å². The van der Waals surface area contributed by atoms with Gasteiger partial charge in [0, 0.05) is 0 Å². The Bertz CT molecular complexity index is 327. The molecule has 14 heavy (non-hydrogen) atoms. The van der Waals surface area contributed by atoms with Gasteiger partial charge in [0.25, 0.3) is 0 Å². The molecule has 0 aromatic carbocycles.